The maximum absolute atomic E-state index is 12.8. The lowest BCUT2D eigenvalue weighted by Gasteiger charge is -2.44. The molecule has 2 rings (SSSR count). The zero-order valence-corrected chi connectivity index (χ0v) is 16.5. The third-order valence-electron chi connectivity index (χ3n) is 3.91. The fraction of sp³-hybridized carbons (Fsp3) is 0.529. The minimum Gasteiger partial charge on any atom is -0.443 e. The molecule has 1 atom stereocenters. The summed E-state index contributed by atoms with van der Waals surface area (Å²) in [5, 5.41) is 0.481. The minimum absolute atomic E-state index is 0.0370. The number of carbonyl (C=O) groups is 2. The second-order valence-electron chi connectivity index (χ2n) is 7.29. The largest absolute Gasteiger partial charge is 0.443 e. The molecule has 0 N–H and O–H groups in total. The van der Waals surface area contributed by atoms with Gasteiger partial charge in [-0.05, 0) is 68.2 Å². The molecule has 0 bridgehead atoms. The Bertz CT molecular complexity index is 679. The van der Waals surface area contributed by atoms with Gasteiger partial charge in [0.2, 0.25) is 0 Å². The number of fused-ring (bicyclic) bond motifs is 1. The van der Waals surface area contributed by atoms with Gasteiger partial charge in [-0.3, -0.25) is 9.69 Å². The lowest BCUT2D eigenvalue weighted by molar-refractivity contribution is -0.124. The molecule has 1 amide bonds. The Balaban J connectivity index is 2.64. The van der Waals surface area contributed by atoms with Crippen LogP contribution in [0.5, 0.6) is 0 Å². The quantitative estimate of drug-likeness (QED) is 0.591. The molecular formula is C17H21BrClNO3. The van der Waals surface area contributed by atoms with Crippen molar-refractivity contribution in [3.8, 4) is 0 Å². The zero-order valence-electron chi connectivity index (χ0n) is 14.2. The van der Waals surface area contributed by atoms with Gasteiger partial charge in [0.15, 0.2) is 5.78 Å². The third-order valence-corrected chi connectivity index (χ3v) is 5.11. The number of nitrogens with zero attached hydrogens (tertiary/aromatic N) is 1. The van der Waals surface area contributed by atoms with Gasteiger partial charge < -0.3 is 4.74 Å². The van der Waals surface area contributed by atoms with Gasteiger partial charge >= 0.3 is 6.09 Å². The van der Waals surface area contributed by atoms with Crippen LogP contribution >= 0.6 is 27.5 Å². The van der Waals surface area contributed by atoms with Crippen LogP contribution in [0.15, 0.2) is 16.6 Å². The maximum atomic E-state index is 12.8. The average molecular weight is 403 g/mol. The SMILES string of the molecule is CC1C(=O)C(C)(C)N(C(=O)OC(C)(C)C)c2cc(Cl)c(Br)cc21. The fourth-order valence-electron chi connectivity index (χ4n) is 2.81. The number of anilines is 1. The molecule has 0 saturated heterocycles. The highest BCUT2D eigenvalue weighted by molar-refractivity contribution is 9.10. The molecule has 1 unspecified atom stereocenters. The first-order valence-corrected chi connectivity index (χ1v) is 8.60. The lowest BCUT2D eigenvalue weighted by Crippen LogP contribution is -2.58. The summed E-state index contributed by atoms with van der Waals surface area (Å²) >= 11 is 9.59. The van der Waals surface area contributed by atoms with E-state index in [1.54, 1.807) is 46.8 Å². The number of ether oxygens (including phenoxy) is 1. The predicted molar refractivity (Wildman–Crippen MR) is 95.4 cm³/mol. The van der Waals surface area contributed by atoms with Crippen molar-refractivity contribution in [3.05, 3.63) is 27.2 Å². The number of rotatable bonds is 0. The number of carbonyl (C=O) groups excluding carboxylic acids is 2. The highest BCUT2D eigenvalue weighted by atomic mass is 79.9. The average Bonchev–Trinajstić information content (AvgIpc) is 2.37. The molecule has 1 aromatic rings. The van der Waals surface area contributed by atoms with E-state index in [0.29, 0.717) is 15.2 Å². The van der Waals surface area contributed by atoms with Crippen LogP contribution in [-0.2, 0) is 9.53 Å². The molecule has 126 valence electrons. The Morgan fingerprint density at radius 2 is 1.91 bits per heavy atom. The van der Waals surface area contributed by atoms with E-state index < -0.39 is 17.2 Å². The van der Waals surface area contributed by atoms with Gasteiger partial charge in [0, 0.05) is 10.4 Å². The molecule has 1 aliphatic rings. The molecule has 23 heavy (non-hydrogen) atoms. The monoisotopic (exact) mass is 401 g/mol. The first kappa shape index (κ1) is 18.3. The number of halogens is 2. The molecule has 0 fully saturated rings. The van der Waals surface area contributed by atoms with Crippen molar-refractivity contribution in [2.24, 2.45) is 0 Å². The van der Waals surface area contributed by atoms with Gasteiger partial charge in [-0.1, -0.05) is 18.5 Å². The Labute approximate surface area is 150 Å². The Hall–Kier alpha value is -1.07. The van der Waals surface area contributed by atoms with E-state index in [0.717, 1.165) is 5.56 Å². The van der Waals surface area contributed by atoms with Crippen molar-refractivity contribution in [2.75, 3.05) is 4.90 Å². The van der Waals surface area contributed by atoms with Crippen LogP contribution in [0.25, 0.3) is 0 Å². The molecule has 0 radical (unpaired) electrons. The molecule has 1 aliphatic heterocycles. The topological polar surface area (TPSA) is 46.6 Å². The zero-order chi connectivity index (χ0) is 17.7. The van der Waals surface area contributed by atoms with E-state index in [9.17, 15) is 9.59 Å². The maximum Gasteiger partial charge on any atom is 0.415 e. The van der Waals surface area contributed by atoms with Crippen molar-refractivity contribution >= 4 is 45.1 Å². The van der Waals surface area contributed by atoms with Gasteiger partial charge in [0.05, 0.1) is 10.7 Å². The first-order valence-electron chi connectivity index (χ1n) is 7.42. The van der Waals surface area contributed by atoms with Gasteiger partial charge in [0.25, 0.3) is 0 Å². The van der Waals surface area contributed by atoms with E-state index in [1.807, 2.05) is 6.92 Å². The van der Waals surface area contributed by atoms with E-state index in [1.165, 1.54) is 4.90 Å². The fourth-order valence-corrected chi connectivity index (χ4v) is 3.33. The molecule has 4 nitrogen and oxygen atoms in total. The number of ketones is 1. The Kier molecular flexibility index (Phi) is 4.59. The molecule has 1 aromatic carbocycles. The van der Waals surface area contributed by atoms with Crippen LogP contribution in [0, 0.1) is 0 Å². The summed E-state index contributed by atoms with van der Waals surface area (Å²) in [6.07, 6.45) is -0.553. The van der Waals surface area contributed by atoms with Crippen LogP contribution in [0.1, 0.15) is 53.0 Å². The number of hydrogen-bond acceptors (Lipinski definition) is 3. The summed E-state index contributed by atoms with van der Waals surface area (Å²) in [4.78, 5) is 26.9. The van der Waals surface area contributed by atoms with Crippen molar-refractivity contribution in [2.45, 2.75) is 58.6 Å². The summed E-state index contributed by atoms with van der Waals surface area (Å²) in [5.74, 6) is -0.364. The molecular weight excluding hydrogens is 382 g/mol. The van der Waals surface area contributed by atoms with Crippen molar-refractivity contribution in [1.29, 1.82) is 0 Å². The first-order chi connectivity index (χ1) is 10.4. The van der Waals surface area contributed by atoms with Crippen LogP contribution in [0.4, 0.5) is 10.5 Å². The Morgan fingerprint density at radius 1 is 1.35 bits per heavy atom. The normalized spacial score (nSPS) is 20.3. The summed E-state index contributed by atoms with van der Waals surface area (Å²) in [5.41, 5.74) is -0.286. The molecule has 1 heterocycles. The van der Waals surface area contributed by atoms with E-state index in [-0.39, 0.29) is 11.7 Å². The van der Waals surface area contributed by atoms with Crippen molar-refractivity contribution in [3.63, 3.8) is 0 Å². The number of Topliss-reactive ketones (excluding diaryl/α,β-unsaturated/α-hetero) is 1. The summed E-state index contributed by atoms with van der Waals surface area (Å²) in [6.45, 7) is 10.7. The van der Waals surface area contributed by atoms with Crippen molar-refractivity contribution < 1.29 is 14.3 Å². The van der Waals surface area contributed by atoms with E-state index in [2.05, 4.69) is 15.9 Å². The number of hydrogen-bond donors (Lipinski definition) is 0. The second-order valence-corrected chi connectivity index (χ2v) is 8.55. The van der Waals surface area contributed by atoms with Gasteiger partial charge in [0.1, 0.15) is 11.1 Å². The van der Waals surface area contributed by atoms with Crippen LogP contribution in [-0.4, -0.2) is 23.0 Å². The number of amides is 1. The third kappa shape index (κ3) is 3.26. The van der Waals surface area contributed by atoms with Gasteiger partial charge in [-0.2, -0.15) is 0 Å². The van der Waals surface area contributed by atoms with Crippen LogP contribution in [0.2, 0.25) is 5.02 Å². The smallest absolute Gasteiger partial charge is 0.415 e. The lowest BCUT2D eigenvalue weighted by atomic mass is 9.79. The standard InChI is InChI=1S/C17H21BrClNO3/c1-9-10-7-11(18)12(19)8-13(10)20(17(5,6)14(9)21)15(22)23-16(2,3)4/h7-9H,1-6H3. The molecule has 0 spiro atoms. The molecule has 0 aliphatic carbocycles. The highest BCUT2D eigenvalue weighted by Crippen LogP contribution is 2.44. The second kappa shape index (κ2) is 5.78. The summed E-state index contributed by atoms with van der Waals surface area (Å²) in [7, 11) is 0. The van der Waals surface area contributed by atoms with Gasteiger partial charge in [-0.15, -0.1) is 0 Å². The molecule has 0 aromatic heterocycles. The summed E-state index contributed by atoms with van der Waals surface area (Å²) < 4.78 is 6.20. The van der Waals surface area contributed by atoms with Gasteiger partial charge in [-0.25, -0.2) is 4.79 Å². The highest BCUT2D eigenvalue weighted by Gasteiger charge is 2.48. The van der Waals surface area contributed by atoms with Crippen LogP contribution < -0.4 is 4.90 Å². The number of benzene rings is 1. The summed E-state index contributed by atoms with van der Waals surface area (Å²) in [6, 6.07) is 3.50. The predicted octanol–water partition coefficient (Wildman–Crippen LogP) is 5.31. The molecule has 0 saturated carbocycles. The van der Waals surface area contributed by atoms with E-state index >= 15 is 0 Å². The van der Waals surface area contributed by atoms with Crippen molar-refractivity contribution in [1.82, 2.24) is 0 Å². The Morgan fingerprint density at radius 3 is 2.43 bits per heavy atom. The minimum atomic E-state index is -1.01. The van der Waals surface area contributed by atoms with E-state index in [4.69, 9.17) is 16.3 Å². The molecule has 6 heteroatoms. The van der Waals surface area contributed by atoms with Crippen LogP contribution in [0.3, 0.4) is 0 Å².